The highest BCUT2D eigenvalue weighted by molar-refractivity contribution is 7.89. The third-order valence-electron chi connectivity index (χ3n) is 3.23. The van der Waals surface area contributed by atoms with Crippen molar-refractivity contribution in [2.24, 2.45) is 13.0 Å². The second-order valence-corrected chi connectivity index (χ2v) is 6.21. The third-order valence-corrected chi connectivity index (χ3v) is 4.82. The van der Waals surface area contributed by atoms with Gasteiger partial charge < -0.3 is 10.3 Å². The average Bonchev–Trinajstić information content (AvgIpc) is 2.51. The minimum Gasteiger partial charge on any atom is -0.381 e. The molecule has 96 valence electrons. The van der Waals surface area contributed by atoms with E-state index in [1.807, 2.05) is 0 Å². The van der Waals surface area contributed by atoms with Crippen molar-refractivity contribution in [2.45, 2.75) is 30.7 Å². The molecule has 0 spiro atoms. The van der Waals surface area contributed by atoms with Crippen molar-refractivity contribution in [3.05, 3.63) is 6.33 Å². The fraction of sp³-hybridized carbons (Fsp3) is 0.700. The molecule has 0 amide bonds. The monoisotopic (exact) mass is 258 g/mol. The molecule has 1 saturated carbocycles. The molecule has 2 rings (SSSR count). The number of rotatable bonds is 5. The van der Waals surface area contributed by atoms with Crippen LogP contribution in [0.5, 0.6) is 0 Å². The molecule has 6 nitrogen and oxygen atoms in total. The topological polar surface area (TPSA) is 90.0 Å². The van der Waals surface area contributed by atoms with Gasteiger partial charge in [-0.3, -0.25) is 0 Å². The van der Waals surface area contributed by atoms with Crippen LogP contribution in [0.3, 0.4) is 0 Å². The number of imidazole rings is 1. The van der Waals surface area contributed by atoms with Gasteiger partial charge in [-0.2, -0.15) is 0 Å². The highest BCUT2D eigenvalue weighted by Gasteiger charge is 2.23. The van der Waals surface area contributed by atoms with E-state index in [-0.39, 0.29) is 10.8 Å². The largest absolute Gasteiger partial charge is 0.381 e. The van der Waals surface area contributed by atoms with Crippen LogP contribution >= 0.6 is 0 Å². The molecule has 1 aliphatic carbocycles. The maximum absolute atomic E-state index is 12.0. The zero-order valence-electron chi connectivity index (χ0n) is 9.89. The van der Waals surface area contributed by atoms with Crippen LogP contribution in [0.25, 0.3) is 0 Å². The smallest absolute Gasteiger partial charge is 0.260 e. The van der Waals surface area contributed by atoms with Gasteiger partial charge in [0, 0.05) is 13.6 Å². The Morgan fingerprint density at radius 3 is 2.76 bits per heavy atom. The molecule has 0 aliphatic heterocycles. The lowest BCUT2D eigenvalue weighted by atomic mass is 9.83. The second kappa shape index (κ2) is 4.66. The van der Waals surface area contributed by atoms with E-state index in [1.54, 1.807) is 7.05 Å². The highest BCUT2D eigenvalue weighted by atomic mass is 32.2. The molecule has 7 heteroatoms. The summed E-state index contributed by atoms with van der Waals surface area (Å²) < 4.78 is 27.9. The van der Waals surface area contributed by atoms with E-state index in [1.165, 1.54) is 30.2 Å². The Balaban J connectivity index is 1.98. The summed E-state index contributed by atoms with van der Waals surface area (Å²) in [5.74, 6) is 0.727. The van der Waals surface area contributed by atoms with Crippen LogP contribution < -0.4 is 10.5 Å². The van der Waals surface area contributed by atoms with Crippen LogP contribution in [0.15, 0.2) is 11.4 Å². The number of nitrogens with zero attached hydrogens (tertiary/aromatic N) is 2. The summed E-state index contributed by atoms with van der Waals surface area (Å²) in [6.07, 6.45) is 6.00. The Hall–Kier alpha value is -1.08. The fourth-order valence-electron chi connectivity index (χ4n) is 2.01. The Kier molecular flexibility index (Phi) is 3.39. The summed E-state index contributed by atoms with van der Waals surface area (Å²) in [4.78, 5) is 3.77. The van der Waals surface area contributed by atoms with Crippen molar-refractivity contribution in [2.75, 3.05) is 12.3 Å². The fourth-order valence-corrected chi connectivity index (χ4v) is 3.29. The molecule has 1 aromatic heterocycles. The average molecular weight is 258 g/mol. The lowest BCUT2D eigenvalue weighted by Crippen LogP contribution is -2.29. The van der Waals surface area contributed by atoms with Gasteiger partial charge in [-0.1, -0.05) is 19.3 Å². The van der Waals surface area contributed by atoms with Gasteiger partial charge in [0.15, 0.2) is 10.8 Å². The zero-order valence-corrected chi connectivity index (χ0v) is 10.7. The van der Waals surface area contributed by atoms with Gasteiger partial charge in [0.1, 0.15) is 0 Å². The minimum atomic E-state index is -3.53. The molecule has 0 radical (unpaired) electrons. The van der Waals surface area contributed by atoms with Crippen LogP contribution in [0, 0.1) is 5.92 Å². The number of sulfonamides is 1. The summed E-state index contributed by atoms with van der Waals surface area (Å²) in [5.41, 5.74) is 5.55. The standard InChI is InChI=1S/C10H18N4O2S/c1-14-7-12-9(11)10(14)17(15,16)13-6-5-8-3-2-4-8/h7-8,13H,2-6,11H2,1H3. The Morgan fingerprint density at radius 1 is 1.59 bits per heavy atom. The number of nitrogen functional groups attached to an aromatic ring is 1. The summed E-state index contributed by atoms with van der Waals surface area (Å²) in [7, 11) is -1.92. The molecular weight excluding hydrogens is 240 g/mol. The number of nitrogens with two attached hydrogens (primary N) is 1. The zero-order chi connectivity index (χ0) is 12.5. The summed E-state index contributed by atoms with van der Waals surface area (Å²) in [6, 6.07) is 0. The molecule has 0 saturated heterocycles. The molecule has 1 aromatic rings. The van der Waals surface area contributed by atoms with E-state index >= 15 is 0 Å². The predicted octanol–water partition coefficient (Wildman–Crippen LogP) is 0.471. The quantitative estimate of drug-likeness (QED) is 0.803. The molecular formula is C10H18N4O2S. The van der Waals surface area contributed by atoms with Crippen LogP contribution in [0.2, 0.25) is 0 Å². The van der Waals surface area contributed by atoms with Crippen molar-refractivity contribution in [3.63, 3.8) is 0 Å². The van der Waals surface area contributed by atoms with Crippen molar-refractivity contribution in [1.82, 2.24) is 14.3 Å². The number of anilines is 1. The van der Waals surface area contributed by atoms with Gasteiger partial charge in [0.05, 0.1) is 6.33 Å². The molecule has 1 aliphatic rings. The maximum atomic E-state index is 12.0. The number of aryl methyl sites for hydroxylation is 1. The van der Waals surface area contributed by atoms with Gasteiger partial charge in [0.25, 0.3) is 10.0 Å². The Morgan fingerprint density at radius 2 is 2.29 bits per heavy atom. The second-order valence-electron chi connectivity index (χ2n) is 4.53. The van der Waals surface area contributed by atoms with Crippen LogP contribution in [-0.4, -0.2) is 24.5 Å². The van der Waals surface area contributed by atoms with Crippen LogP contribution in [-0.2, 0) is 17.1 Å². The van der Waals surface area contributed by atoms with Gasteiger partial charge in [-0.15, -0.1) is 0 Å². The highest BCUT2D eigenvalue weighted by Crippen LogP contribution is 2.28. The van der Waals surface area contributed by atoms with E-state index < -0.39 is 10.0 Å². The van der Waals surface area contributed by atoms with Gasteiger partial charge >= 0.3 is 0 Å². The van der Waals surface area contributed by atoms with Crippen molar-refractivity contribution in [1.29, 1.82) is 0 Å². The van der Waals surface area contributed by atoms with Gasteiger partial charge in [0.2, 0.25) is 0 Å². The first-order chi connectivity index (χ1) is 8.00. The lowest BCUT2D eigenvalue weighted by Gasteiger charge is -2.25. The van der Waals surface area contributed by atoms with Crippen molar-refractivity contribution < 1.29 is 8.42 Å². The summed E-state index contributed by atoms with van der Waals surface area (Å²) in [5, 5.41) is 0.0473. The molecule has 17 heavy (non-hydrogen) atoms. The lowest BCUT2D eigenvalue weighted by molar-refractivity contribution is 0.297. The molecule has 1 fully saturated rings. The number of nitrogens with one attached hydrogen (secondary N) is 1. The molecule has 1 heterocycles. The normalized spacial score (nSPS) is 17.0. The molecule has 0 aromatic carbocycles. The molecule has 0 unspecified atom stereocenters. The maximum Gasteiger partial charge on any atom is 0.260 e. The van der Waals surface area contributed by atoms with E-state index in [4.69, 9.17) is 5.73 Å². The summed E-state index contributed by atoms with van der Waals surface area (Å²) >= 11 is 0. The first-order valence-electron chi connectivity index (χ1n) is 5.77. The molecule has 0 bridgehead atoms. The third kappa shape index (κ3) is 2.61. The van der Waals surface area contributed by atoms with E-state index in [9.17, 15) is 8.42 Å². The molecule has 3 N–H and O–H groups in total. The minimum absolute atomic E-state index is 0.0450. The SMILES string of the molecule is Cn1cnc(N)c1S(=O)(=O)NCCC1CCC1. The van der Waals surface area contributed by atoms with Gasteiger partial charge in [-0.05, 0) is 12.3 Å². The Bertz CT molecular complexity index is 471. The first-order valence-corrected chi connectivity index (χ1v) is 7.25. The molecule has 0 atom stereocenters. The van der Waals surface area contributed by atoms with Crippen molar-refractivity contribution >= 4 is 15.8 Å². The number of hydrogen-bond donors (Lipinski definition) is 2. The van der Waals surface area contributed by atoms with Gasteiger partial charge in [-0.25, -0.2) is 18.1 Å². The van der Waals surface area contributed by atoms with E-state index in [0.29, 0.717) is 12.5 Å². The summed E-state index contributed by atoms with van der Waals surface area (Å²) in [6.45, 7) is 0.470. The van der Waals surface area contributed by atoms with E-state index in [2.05, 4.69) is 9.71 Å². The number of aromatic nitrogens is 2. The predicted molar refractivity (Wildman–Crippen MR) is 64.8 cm³/mol. The number of hydrogen-bond acceptors (Lipinski definition) is 4. The Labute approximate surface area is 101 Å². The van der Waals surface area contributed by atoms with Crippen LogP contribution in [0.4, 0.5) is 5.82 Å². The van der Waals surface area contributed by atoms with E-state index in [0.717, 1.165) is 6.42 Å². The first kappa shape index (κ1) is 12.4. The van der Waals surface area contributed by atoms with Crippen LogP contribution in [0.1, 0.15) is 25.7 Å². The van der Waals surface area contributed by atoms with Crippen molar-refractivity contribution in [3.8, 4) is 0 Å².